The topological polar surface area (TPSA) is 17.0 Å². The van der Waals surface area contributed by atoms with E-state index in [9.17, 15) is 0 Å². The van der Waals surface area contributed by atoms with Gasteiger partial charge in [-0.3, -0.25) is 0 Å². The Morgan fingerprint density at radius 3 is 2.17 bits per heavy atom. The summed E-state index contributed by atoms with van der Waals surface area (Å²) < 4.78 is 2.37. The number of aromatic nitrogens is 1. The van der Waals surface area contributed by atoms with E-state index in [1.54, 1.807) is 0 Å². The van der Waals surface area contributed by atoms with E-state index in [2.05, 4.69) is 180 Å². The van der Waals surface area contributed by atoms with Crippen molar-refractivity contribution >= 4 is 38.8 Å². The molecule has 0 spiro atoms. The molecule has 0 aliphatic carbocycles. The highest BCUT2D eigenvalue weighted by Gasteiger charge is 2.13. The van der Waals surface area contributed by atoms with Crippen LogP contribution in [0, 0.1) is 0 Å². The minimum atomic E-state index is 0.811. The zero-order valence-electron chi connectivity index (χ0n) is 26.9. The highest BCUT2D eigenvalue weighted by atomic mass is 15.0. The molecule has 0 aliphatic heterocycles. The summed E-state index contributed by atoms with van der Waals surface area (Å²) in [7, 11) is 0. The summed E-state index contributed by atoms with van der Waals surface area (Å²) in [6.07, 6.45) is 8.30. The van der Waals surface area contributed by atoms with Crippen LogP contribution in [0.5, 0.6) is 0 Å². The molecule has 2 heteroatoms. The predicted octanol–water partition coefficient (Wildman–Crippen LogP) is 12.1. The number of aryl methyl sites for hydroxylation is 1. The lowest BCUT2D eigenvalue weighted by Crippen LogP contribution is -1.95. The molecular weight excluding hydrogens is 569 g/mol. The van der Waals surface area contributed by atoms with E-state index < -0.39 is 0 Å². The lowest BCUT2D eigenvalue weighted by atomic mass is 10.0. The third kappa shape index (κ3) is 6.33. The number of benzene rings is 6. The molecule has 228 valence electrons. The molecule has 47 heavy (non-hydrogen) atoms. The molecule has 0 saturated carbocycles. The second-order valence-corrected chi connectivity index (χ2v) is 11.8. The van der Waals surface area contributed by atoms with Crippen LogP contribution >= 0.6 is 0 Å². The van der Waals surface area contributed by atoms with E-state index in [-0.39, 0.29) is 0 Å². The van der Waals surface area contributed by atoms with Gasteiger partial charge < -0.3 is 9.88 Å². The van der Waals surface area contributed by atoms with Gasteiger partial charge in [0.1, 0.15) is 0 Å². The molecular formula is C45H38N2. The quantitative estimate of drug-likeness (QED) is 0.128. The number of hydrogen-bond donors (Lipinski definition) is 1. The maximum atomic E-state index is 3.62. The number of hydrogen-bond acceptors (Lipinski definition) is 1. The molecule has 0 atom stereocenters. The van der Waals surface area contributed by atoms with Crippen molar-refractivity contribution in [2.45, 2.75) is 26.7 Å². The number of para-hydroxylation sites is 2. The van der Waals surface area contributed by atoms with Crippen molar-refractivity contribution in [3.05, 3.63) is 186 Å². The summed E-state index contributed by atoms with van der Waals surface area (Å²) in [5.74, 6) is 0. The van der Waals surface area contributed by atoms with Crippen LogP contribution in [0.15, 0.2) is 170 Å². The average Bonchev–Trinajstić information content (AvgIpc) is 3.46. The normalized spacial score (nSPS) is 11.2. The van der Waals surface area contributed by atoms with Crippen LogP contribution in [0.3, 0.4) is 0 Å². The Morgan fingerprint density at radius 2 is 1.38 bits per heavy atom. The van der Waals surface area contributed by atoms with Gasteiger partial charge in [-0.1, -0.05) is 116 Å². The molecule has 0 radical (unpaired) electrons. The van der Waals surface area contributed by atoms with Crippen molar-refractivity contribution in [1.29, 1.82) is 0 Å². The van der Waals surface area contributed by atoms with Crippen molar-refractivity contribution in [2.24, 2.45) is 0 Å². The molecule has 0 unspecified atom stereocenters. The summed E-state index contributed by atoms with van der Waals surface area (Å²) in [6, 6.07) is 52.1. The van der Waals surface area contributed by atoms with Crippen LogP contribution in [-0.2, 0) is 12.8 Å². The van der Waals surface area contributed by atoms with E-state index in [1.165, 1.54) is 44.1 Å². The molecule has 0 amide bonds. The van der Waals surface area contributed by atoms with Crippen LogP contribution in [-0.4, -0.2) is 4.57 Å². The molecule has 0 bridgehead atoms. The van der Waals surface area contributed by atoms with Crippen molar-refractivity contribution in [2.75, 3.05) is 5.32 Å². The number of fused-ring (bicyclic) bond motifs is 3. The van der Waals surface area contributed by atoms with Crippen molar-refractivity contribution in [1.82, 2.24) is 4.57 Å². The minimum Gasteiger partial charge on any atom is -0.355 e. The van der Waals surface area contributed by atoms with Gasteiger partial charge in [0.15, 0.2) is 0 Å². The molecule has 1 heterocycles. The maximum absolute atomic E-state index is 3.62. The van der Waals surface area contributed by atoms with E-state index >= 15 is 0 Å². The molecule has 0 saturated heterocycles. The molecule has 7 rings (SSSR count). The van der Waals surface area contributed by atoms with E-state index in [0.717, 1.165) is 41.0 Å². The lowest BCUT2D eigenvalue weighted by molar-refractivity contribution is 1.14. The molecule has 1 N–H and O–H groups in total. The zero-order valence-corrected chi connectivity index (χ0v) is 26.9. The first-order chi connectivity index (χ1) is 23.2. The standard InChI is InChI=1S/C45H38N2/c1-3-13-34(17-12-18-37-16-8-10-20-43(37)46-39-27-22-33(4-2)23-28-39)38-26-31-45-42(32-38)41-19-9-11-21-44(41)47(45)40-29-24-36(25-30-40)35-14-6-5-7-15-35/h3,5-12,14-17,19-32,46H,4,18H2,1-2H3/b17-12-. The number of nitrogens with one attached hydrogen (secondary N) is 1. The third-order valence-corrected chi connectivity index (χ3v) is 8.80. The molecule has 0 fully saturated rings. The summed E-state index contributed by atoms with van der Waals surface area (Å²) in [5, 5.41) is 6.10. The first kappa shape index (κ1) is 29.9. The van der Waals surface area contributed by atoms with Gasteiger partial charge in [0.2, 0.25) is 0 Å². The fourth-order valence-electron chi connectivity index (χ4n) is 6.34. The SMILES string of the molecule is CC=C=C(/C=C\Cc1ccccc1Nc1ccc(CC)cc1)c1ccc2c(c1)c1ccccc1n2-c1ccc(-c2ccccc2)cc1. The Kier molecular flexibility index (Phi) is 8.68. The number of anilines is 2. The predicted molar refractivity (Wildman–Crippen MR) is 202 cm³/mol. The van der Waals surface area contributed by atoms with Crippen LogP contribution in [0.25, 0.3) is 44.2 Å². The van der Waals surface area contributed by atoms with Crippen LogP contribution in [0.1, 0.15) is 30.5 Å². The monoisotopic (exact) mass is 606 g/mol. The Morgan fingerprint density at radius 1 is 0.681 bits per heavy atom. The smallest absolute Gasteiger partial charge is 0.0541 e. The Labute approximate surface area is 277 Å². The molecule has 1 aromatic heterocycles. The highest BCUT2D eigenvalue weighted by Crippen LogP contribution is 2.35. The first-order valence-corrected chi connectivity index (χ1v) is 16.4. The van der Waals surface area contributed by atoms with Gasteiger partial charge in [-0.2, -0.15) is 0 Å². The maximum Gasteiger partial charge on any atom is 0.0541 e. The summed E-state index contributed by atoms with van der Waals surface area (Å²) in [5.41, 5.74) is 16.5. The third-order valence-electron chi connectivity index (χ3n) is 8.80. The zero-order chi connectivity index (χ0) is 32.0. The van der Waals surface area contributed by atoms with Crippen molar-refractivity contribution < 1.29 is 0 Å². The summed E-state index contributed by atoms with van der Waals surface area (Å²) in [6.45, 7) is 4.21. The van der Waals surface area contributed by atoms with E-state index in [1.807, 2.05) is 13.0 Å². The number of nitrogens with zero attached hydrogens (tertiary/aromatic N) is 1. The molecule has 6 aromatic carbocycles. The second kappa shape index (κ2) is 13.7. The van der Waals surface area contributed by atoms with Crippen molar-refractivity contribution in [3.8, 4) is 16.8 Å². The van der Waals surface area contributed by atoms with Crippen LogP contribution in [0.4, 0.5) is 11.4 Å². The fourth-order valence-corrected chi connectivity index (χ4v) is 6.34. The largest absolute Gasteiger partial charge is 0.355 e. The number of allylic oxidation sites excluding steroid dienone is 3. The summed E-state index contributed by atoms with van der Waals surface area (Å²) in [4.78, 5) is 0. The fraction of sp³-hybridized carbons (Fsp3) is 0.0889. The molecule has 7 aromatic rings. The Balaban J connectivity index is 1.19. The minimum absolute atomic E-state index is 0.811. The van der Waals surface area contributed by atoms with Gasteiger partial charge in [0.25, 0.3) is 0 Å². The first-order valence-electron chi connectivity index (χ1n) is 16.4. The number of rotatable bonds is 9. The van der Waals surface area contributed by atoms with Gasteiger partial charge in [-0.25, -0.2) is 0 Å². The second-order valence-electron chi connectivity index (χ2n) is 11.8. The van der Waals surface area contributed by atoms with E-state index in [0.29, 0.717) is 0 Å². The van der Waals surface area contributed by atoms with Gasteiger partial charge in [-0.05, 0) is 102 Å². The van der Waals surface area contributed by atoms with Crippen LogP contribution < -0.4 is 5.32 Å². The highest BCUT2D eigenvalue weighted by molar-refractivity contribution is 6.10. The Hall–Kier alpha value is -5.82. The van der Waals surface area contributed by atoms with Crippen LogP contribution in [0.2, 0.25) is 0 Å². The van der Waals surface area contributed by atoms with E-state index in [4.69, 9.17) is 0 Å². The average molecular weight is 607 g/mol. The van der Waals surface area contributed by atoms with Gasteiger partial charge in [-0.15, -0.1) is 5.73 Å². The van der Waals surface area contributed by atoms with Crippen molar-refractivity contribution in [3.63, 3.8) is 0 Å². The van der Waals surface area contributed by atoms with Gasteiger partial charge in [0.05, 0.1) is 11.0 Å². The molecule has 0 aliphatic rings. The summed E-state index contributed by atoms with van der Waals surface area (Å²) >= 11 is 0. The van der Waals surface area contributed by atoms with Gasteiger partial charge >= 0.3 is 0 Å². The lowest BCUT2D eigenvalue weighted by Gasteiger charge is -2.11. The molecule has 2 nitrogen and oxygen atoms in total. The Bertz CT molecular complexity index is 2240. The van der Waals surface area contributed by atoms with Gasteiger partial charge in [0, 0.05) is 33.4 Å².